The molecule has 2 aromatic rings. The van der Waals surface area contributed by atoms with E-state index in [-0.39, 0.29) is 12.7 Å². The van der Waals surface area contributed by atoms with Crippen LogP contribution in [0.3, 0.4) is 0 Å². The summed E-state index contributed by atoms with van der Waals surface area (Å²) in [5.41, 5.74) is 3.02. The summed E-state index contributed by atoms with van der Waals surface area (Å²) in [5, 5.41) is 17.5. The second-order valence-electron chi connectivity index (χ2n) is 5.86. The number of rotatable bonds is 5. The number of aliphatic carboxylic acids is 1. The first-order valence-corrected chi connectivity index (χ1v) is 8.03. The molecule has 0 radical (unpaired) electrons. The summed E-state index contributed by atoms with van der Waals surface area (Å²) in [5.74, 6) is -0.948. The Bertz CT molecular complexity index is 654. The number of benzene rings is 1. The van der Waals surface area contributed by atoms with E-state index >= 15 is 0 Å². The van der Waals surface area contributed by atoms with Gasteiger partial charge in [0.25, 0.3) is 0 Å². The smallest absolute Gasteiger partial charge is 0.329 e. The zero-order valence-corrected chi connectivity index (χ0v) is 13.0. The molecule has 1 aliphatic rings. The van der Waals surface area contributed by atoms with Crippen molar-refractivity contribution in [1.82, 2.24) is 15.0 Å². The third kappa shape index (κ3) is 3.96. The van der Waals surface area contributed by atoms with Crippen LogP contribution >= 0.6 is 0 Å². The number of carboxylic acid groups (broad SMARTS) is 1. The molecule has 23 heavy (non-hydrogen) atoms. The molecule has 1 atom stereocenters. The fourth-order valence-electron chi connectivity index (χ4n) is 3.03. The average molecular weight is 315 g/mol. The molecular weight excluding hydrogens is 294 g/mol. The van der Waals surface area contributed by atoms with E-state index in [2.05, 4.69) is 10.3 Å². The van der Waals surface area contributed by atoms with Crippen molar-refractivity contribution in [3.8, 4) is 0 Å². The van der Waals surface area contributed by atoms with Gasteiger partial charge in [0.15, 0.2) is 0 Å². The van der Waals surface area contributed by atoms with Gasteiger partial charge in [0.2, 0.25) is 0 Å². The van der Waals surface area contributed by atoms with Gasteiger partial charge in [-0.3, -0.25) is 0 Å². The van der Waals surface area contributed by atoms with Crippen molar-refractivity contribution in [2.75, 3.05) is 6.61 Å². The first-order valence-electron chi connectivity index (χ1n) is 8.03. The molecule has 122 valence electrons. The zero-order valence-electron chi connectivity index (χ0n) is 13.0. The maximum absolute atomic E-state index is 10.9. The standard InChI is InChI=1S/C17H21N3O3/c21-16(22)12-23-15-10-6-2-5-9-14-17(15)20(19-18-14)11-13-7-3-1-4-8-13/h1,3-4,7-8,15H,2,5-6,9-12H2,(H,21,22). The first-order chi connectivity index (χ1) is 11.2. The van der Waals surface area contributed by atoms with E-state index in [9.17, 15) is 4.79 Å². The Hall–Kier alpha value is -2.21. The van der Waals surface area contributed by atoms with E-state index in [0.717, 1.165) is 49.1 Å². The maximum Gasteiger partial charge on any atom is 0.329 e. The Morgan fingerprint density at radius 1 is 1.26 bits per heavy atom. The molecule has 0 aliphatic heterocycles. The highest BCUT2D eigenvalue weighted by atomic mass is 16.5. The summed E-state index contributed by atoms with van der Waals surface area (Å²) in [7, 11) is 0. The maximum atomic E-state index is 10.9. The Morgan fingerprint density at radius 2 is 2.09 bits per heavy atom. The van der Waals surface area contributed by atoms with E-state index in [4.69, 9.17) is 9.84 Å². The predicted octanol–water partition coefficient (Wildman–Crippen LogP) is 2.59. The molecule has 1 aromatic heterocycles. The lowest BCUT2D eigenvalue weighted by Gasteiger charge is -2.21. The number of aryl methyl sites for hydroxylation is 1. The Labute approximate surface area is 135 Å². The molecule has 1 heterocycles. The van der Waals surface area contributed by atoms with Gasteiger partial charge in [-0.25, -0.2) is 9.48 Å². The summed E-state index contributed by atoms with van der Waals surface area (Å²) in [6.45, 7) is 0.330. The Balaban J connectivity index is 1.88. The van der Waals surface area contributed by atoms with Crippen LogP contribution in [0.4, 0.5) is 0 Å². The van der Waals surface area contributed by atoms with Gasteiger partial charge in [-0.2, -0.15) is 0 Å². The highest BCUT2D eigenvalue weighted by Crippen LogP contribution is 2.30. The highest BCUT2D eigenvalue weighted by molar-refractivity contribution is 5.68. The Morgan fingerprint density at radius 3 is 2.87 bits per heavy atom. The fourth-order valence-corrected chi connectivity index (χ4v) is 3.03. The third-order valence-corrected chi connectivity index (χ3v) is 4.12. The van der Waals surface area contributed by atoms with Crippen LogP contribution in [0.25, 0.3) is 0 Å². The van der Waals surface area contributed by atoms with Crippen molar-refractivity contribution in [2.45, 2.75) is 44.8 Å². The van der Waals surface area contributed by atoms with Crippen LogP contribution in [0.2, 0.25) is 0 Å². The number of carbonyl (C=O) groups is 1. The average Bonchev–Trinajstić information content (AvgIpc) is 2.90. The number of hydrogen-bond donors (Lipinski definition) is 1. The summed E-state index contributed by atoms with van der Waals surface area (Å²) >= 11 is 0. The van der Waals surface area contributed by atoms with Crippen LogP contribution in [-0.4, -0.2) is 32.7 Å². The van der Waals surface area contributed by atoms with Crippen LogP contribution < -0.4 is 0 Å². The summed E-state index contributed by atoms with van der Waals surface area (Å²) in [6, 6.07) is 10.1. The molecule has 1 N–H and O–H groups in total. The van der Waals surface area contributed by atoms with Crippen molar-refractivity contribution in [3.05, 3.63) is 47.3 Å². The lowest BCUT2D eigenvalue weighted by Crippen LogP contribution is -2.19. The molecule has 1 unspecified atom stereocenters. The molecule has 6 nitrogen and oxygen atoms in total. The number of ether oxygens (including phenoxy) is 1. The van der Waals surface area contributed by atoms with Gasteiger partial charge in [-0.15, -0.1) is 5.10 Å². The minimum absolute atomic E-state index is 0.250. The minimum atomic E-state index is -0.948. The van der Waals surface area contributed by atoms with Crippen LogP contribution in [0.15, 0.2) is 30.3 Å². The summed E-state index contributed by atoms with van der Waals surface area (Å²) in [6.07, 6.45) is 4.65. The number of fused-ring (bicyclic) bond motifs is 1. The summed E-state index contributed by atoms with van der Waals surface area (Å²) in [4.78, 5) is 10.9. The Kier molecular flexibility index (Phi) is 5.02. The monoisotopic (exact) mass is 315 g/mol. The molecule has 6 heteroatoms. The van der Waals surface area contributed by atoms with E-state index in [1.165, 1.54) is 0 Å². The normalized spacial score (nSPS) is 18.0. The van der Waals surface area contributed by atoms with Crippen molar-refractivity contribution < 1.29 is 14.6 Å². The number of aromatic nitrogens is 3. The lowest BCUT2D eigenvalue weighted by molar-refractivity contribution is -0.144. The van der Waals surface area contributed by atoms with Gasteiger partial charge in [-0.05, 0) is 24.8 Å². The zero-order chi connectivity index (χ0) is 16.1. The van der Waals surface area contributed by atoms with Crippen LogP contribution in [0.1, 0.15) is 48.7 Å². The van der Waals surface area contributed by atoms with Crippen LogP contribution in [0, 0.1) is 0 Å². The van der Waals surface area contributed by atoms with Gasteiger partial charge in [0, 0.05) is 0 Å². The van der Waals surface area contributed by atoms with E-state index in [0.29, 0.717) is 6.54 Å². The topological polar surface area (TPSA) is 77.2 Å². The van der Waals surface area contributed by atoms with E-state index in [1.807, 2.05) is 35.0 Å². The number of nitrogens with zero attached hydrogens (tertiary/aromatic N) is 3. The van der Waals surface area contributed by atoms with E-state index in [1.54, 1.807) is 0 Å². The van der Waals surface area contributed by atoms with Gasteiger partial charge >= 0.3 is 5.97 Å². The van der Waals surface area contributed by atoms with Crippen molar-refractivity contribution in [3.63, 3.8) is 0 Å². The minimum Gasteiger partial charge on any atom is -0.480 e. The van der Waals surface area contributed by atoms with Crippen LogP contribution in [0.5, 0.6) is 0 Å². The van der Waals surface area contributed by atoms with Crippen molar-refractivity contribution >= 4 is 5.97 Å². The molecule has 0 spiro atoms. The number of carboxylic acids is 1. The molecule has 1 aliphatic carbocycles. The fraction of sp³-hybridized carbons (Fsp3) is 0.471. The van der Waals surface area contributed by atoms with Gasteiger partial charge < -0.3 is 9.84 Å². The van der Waals surface area contributed by atoms with Gasteiger partial charge in [0.1, 0.15) is 12.7 Å². The molecule has 3 rings (SSSR count). The quantitative estimate of drug-likeness (QED) is 0.917. The molecule has 0 bridgehead atoms. The third-order valence-electron chi connectivity index (χ3n) is 4.12. The SMILES string of the molecule is O=C(O)COC1CCCCCc2nnn(Cc3ccccc3)c21. The lowest BCUT2D eigenvalue weighted by atomic mass is 9.98. The van der Waals surface area contributed by atoms with Gasteiger partial charge in [0.05, 0.1) is 17.9 Å². The molecule has 1 aromatic carbocycles. The molecule has 0 fully saturated rings. The highest BCUT2D eigenvalue weighted by Gasteiger charge is 2.25. The molecule has 0 amide bonds. The molecule has 0 saturated heterocycles. The molecular formula is C17H21N3O3. The predicted molar refractivity (Wildman–Crippen MR) is 84.1 cm³/mol. The largest absolute Gasteiger partial charge is 0.480 e. The first kappa shape index (κ1) is 15.7. The van der Waals surface area contributed by atoms with Gasteiger partial charge in [-0.1, -0.05) is 48.4 Å². The van der Waals surface area contributed by atoms with Crippen molar-refractivity contribution in [2.24, 2.45) is 0 Å². The van der Waals surface area contributed by atoms with E-state index < -0.39 is 5.97 Å². The number of hydrogen-bond acceptors (Lipinski definition) is 4. The second kappa shape index (κ2) is 7.37. The molecule has 0 saturated carbocycles. The van der Waals surface area contributed by atoms with Crippen LogP contribution in [-0.2, 0) is 22.5 Å². The van der Waals surface area contributed by atoms with Crippen molar-refractivity contribution in [1.29, 1.82) is 0 Å². The summed E-state index contributed by atoms with van der Waals surface area (Å²) < 4.78 is 7.51. The second-order valence-corrected chi connectivity index (χ2v) is 5.86.